The SMILES string of the molecule is O=C(N1CCN(C2CC(c3ccc(Cl)cc3)NN2)CC1)C1(c2ccccc2)CC1. The van der Waals surface area contributed by atoms with E-state index in [0.29, 0.717) is 5.91 Å². The first-order chi connectivity index (χ1) is 14.2. The van der Waals surface area contributed by atoms with E-state index >= 15 is 0 Å². The molecule has 0 spiro atoms. The molecular weight excluding hydrogens is 384 g/mol. The van der Waals surface area contributed by atoms with Crippen LogP contribution in [-0.2, 0) is 10.2 Å². The lowest BCUT2D eigenvalue weighted by Crippen LogP contribution is -2.56. The van der Waals surface area contributed by atoms with Crippen LogP contribution >= 0.6 is 11.6 Å². The second-order valence-electron chi connectivity index (χ2n) is 8.42. The summed E-state index contributed by atoms with van der Waals surface area (Å²) >= 11 is 6.01. The van der Waals surface area contributed by atoms with Crippen LogP contribution in [0.5, 0.6) is 0 Å². The van der Waals surface area contributed by atoms with Crippen LogP contribution in [0.25, 0.3) is 0 Å². The maximum absolute atomic E-state index is 13.2. The number of hydrazine groups is 1. The quantitative estimate of drug-likeness (QED) is 0.813. The highest BCUT2D eigenvalue weighted by Crippen LogP contribution is 2.49. The number of nitrogens with one attached hydrogen (secondary N) is 2. The van der Waals surface area contributed by atoms with Crippen LogP contribution in [-0.4, -0.2) is 48.1 Å². The summed E-state index contributed by atoms with van der Waals surface area (Å²) in [5.74, 6) is 0.319. The summed E-state index contributed by atoms with van der Waals surface area (Å²) in [6, 6.07) is 18.6. The molecule has 2 N–H and O–H groups in total. The zero-order valence-electron chi connectivity index (χ0n) is 16.5. The Kier molecular flexibility index (Phi) is 5.08. The van der Waals surface area contributed by atoms with E-state index in [-0.39, 0.29) is 17.6 Å². The highest BCUT2D eigenvalue weighted by atomic mass is 35.5. The topological polar surface area (TPSA) is 47.6 Å². The molecule has 5 rings (SSSR count). The van der Waals surface area contributed by atoms with Gasteiger partial charge in [0.05, 0.1) is 11.6 Å². The first-order valence-corrected chi connectivity index (χ1v) is 10.9. The van der Waals surface area contributed by atoms with Gasteiger partial charge in [-0.15, -0.1) is 0 Å². The molecule has 29 heavy (non-hydrogen) atoms. The molecule has 2 aliphatic heterocycles. The number of piperazine rings is 1. The Morgan fingerprint density at radius 3 is 2.28 bits per heavy atom. The number of benzene rings is 2. The van der Waals surface area contributed by atoms with Crippen molar-refractivity contribution in [1.29, 1.82) is 0 Å². The zero-order valence-corrected chi connectivity index (χ0v) is 17.2. The van der Waals surface area contributed by atoms with Crippen LogP contribution in [0, 0.1) is 0 Å². The van der Waals surface area contributed by atoms with Gasteiger partial charge in [0.2, 0.25) is 5.91 Å². The van der Waals surface area contributed by atoms with Crippen LogP contribution in [0.3, 0.4) is 0 Å². The molecule has 1 aliphatic carbocycles. The van der Waals surface area contributed by atoms with Crippen molar-refractivity contribution in [3.8, 4) is 0 Å². The number of halogens is 1. The minimum atomic E-state index is -0.254. The molecule has 152 valence electrons. The Morgan fingerprint density at radius 1 is 0.931 bits per heavy atom. The normalized spacial score (nSPS) is 26.4. The van der Waals surface area contributed by atoms with Crippen molar-refractivity contribution >= 4 is 17.5 Å². The number of amides is 1. The lowest BCUT2D eigenvalue weighted by molar-refractivity contribution is -0.136. The van der Waals surface area contributed by atoms with Gasteiger partial charge in [-0.25, -0.2) is 10.9 Å². The Morgan fingerprint density at radius 2 is 1.62 bits per heavy atom. The van der Waals surface area contributed by atoms with E-state index in [0.717, 1.165) is 50.5 Å². The monoisotopic (exact) mass is 410 g/mol. The molecule has 2 unspecified atom stereocenters. The lowest BCUT2D eigenvalue weighted by Gasteiger charge is -2.39. The van der Waals surface area contributed by atoms with Crippen LogP contribution in [0.1, 0.15) is 36.4 Å². The Bertz CT molecular complexity index is 860. The third-order valence-corrected chi connectivity index (χ3v) is 6.94. The zero-order chi connectivity index (χ0) is 19.8. The molecule has 2 aromatic carbocycles. The van der Waals surface area contributed by atoms with Gasteiger partial charge in [-0.05, 0) is 42.5 Å². The molecule has 1 saturated carbocycles. The number of carbonyl (C=O) groups excluding carboxylic acids is 1. The average molecular weight is 411 g/mol. The summed E-state index contributed by atoms with van der Waals surface area (Å²) in [5.41, 5.74) is 9.03. The second kappa shape index (κ2) is 7.73. The molecule has 3 aliphatic rings. The number of hydrogen-bond donors (Lipinski definition) is 2. The fourth-order valence-electron chi connectivity index (χ4n) is 4.74. The third-order valence-electron chi connectivity index (χ3n) is 6.68. The molecule has 2 aromatic rings. The number of carbonyl (C=O) groups is 1. The first kappa shape index (κ1) is 19.1. The van der Waals surface area contributed by atoms with E-state index in [1.54, 1.807) is 0 Å². The fourth-order valence-corrected chi connectivity index (χ4v) is 4.87. The highest BCUT2D eigenvalue weighted by molar-refractivity contribution is 6.30. The fraction of sp³-hybridized carbons (Fsp3) is 0.435. The number of rotatable bonds is 4. The summed E-state index contributed by atoms with van der Waals surface area (Å²) in [6.07, 6.45) is 3.25. The molecule has 2 heterocycles. The van der Waals surface area contributed by atoms with Gasteiger partial charge in [-0.3, -0.25) is 9.69 Å². The van der Waals surface area contributed by atoms with E-state index in [1.165, 1.54) is 11.1 Å². The molecule has 5 nitrogen and oxygen atoms in total. The van der Waals surface area contributed by atoms with E-state index in [2.05, 4.69) is 44.9 Å². The van der Waals surface area contributed by atoms with Gasteiger partial charge < -0.3 is 4.90 Å². The predicted molar refractivity (Wildman–Crippen MR) is 114 cm³/mol. The van der Waals surface area contributed by atoms with Gasteiger partial charge in [-0.2, -0.15) is 0 Å². The molecule has 0 radical (unpaired) electrons. The minimum absolute atomic E-state index is 0.254. The van der Waals surface area contributed by atoms with Gasteiger partial charge in [-0.1, -0.05) is 54.1 Å². The average Bonchev–Trinajstić information content (AvgIpc) is 3.44. The minimum Gasteiger partial charge on any atom is -0.339 e. The van der Waals surface area contributed by atoms with Gasteiger partial charge >= 0.3 is 0 Å². The van der Waals surface area contributed by atoms with E-state index in [1.807, 2.05) is 30.3 Å². The Hall–Kier alpha value is -1.92. The van der Waals surface area contributed by atoms with Crippen molar-refractivity contribution in [2.75, 3.05) is 26.2 Å². The van der Waals surface area contributed by atoms with E-state index < -0.39 is 0 Å². The molecular formula is C23H27ClN4O. The van der Waals surface area contributed by atoms with Crippen molar-refractivity contribution < 1.29 is 4.79 Å². The largest absolute Gasteiger partial charge is 0.339 e. The summed E-state index contributed by atoms with van der Waals surface area (Å²) < 4.78 is 0. The third kappa shape index (κ3) is 3.68. The molecule has 2 atom stereocenters. The number of nitrogens with zero attached hydrogens (tertiary/aromatic N) is 2. The lowest BCUT2D eigenvalue weighted by atomic mass is 9.94. The van der Waals surface area contributed by atoms with Crippen LogP contribution in [0.15, 0.2) is 54.6 Å². The maximum atomic E-state index is 13.2. The second-order valence-corrected chi connectivity index (χ2v) is 8.86. The van der Waals surface area contributed by atoms with E-state index in [9.17, 15) is 4.79 Å². The van der Waals surface area contributed by atoms with Crippen molar-refractivity contribution in [1.82, 2.24) is 20.7 Å². The van der Waals surface area contributed by atoms with Crippen molar-refractivity contribution in [3.05, 3.63) is 70.7 Å². The summed E-state index contributed by atoms with van der Waals surface area (Å²) in [4.78, 5) is 17.8. The van der Waals surface area contributed by atoms with E-state index in [4.69, 9.17) is 11.6 Å². The number of hydrogen-bond acceptors (Lipinski definition) is 4. The van der Waals surface area contributed by atoms with Gasteiger partial charge in [0.1, 0.15) is 0 Å². The smallest absolute Gasteiger partial charge is 0.233 e. The Balaban J connectivity index is 1.17. The van der Waals surface area contributed by atoms with Gasteiger partial charge in [0.25, 0.3) is 0 Å². The summed E-state index contributed by atoms with van der Waals surface area (Å²) in [7, 11) is 0. The molecule has 1 amide bonds. The first-order valence-electron chi connectivity index (χ1n) is 10.5. The van der Waals surface area contributed by atoms with Gasteiger partial charge in [0, 0.05) is 37.2 Å². The molecule has 3 fully saturated rings. The standard InChI is InChI=1S/C23H27ClN4O/c24-19-8-6-17(7-9-19)20-16-21(26-25-20)27-12-14-28(15-13-27)22(29)23(10-11-23)18-4-2-1-3-5-18/h1-9,20-21,25-26H,10-16H2. The Labute approximate surface area is 177 Å². The van der Waals surface area contributed by atoms with Crippen LogP contribution < -0.4 is 10.9 Å². The van der Waals surface area contributed by atoms with Crippen LogP contribution in [0.4, 0.5) is 0 Å². The molecule has 2 saturated heterocycles. The summed E-state index contributed by atoms with van der Waals surface area (Å²) in [5, 5.41) is 0.765. The van der Waals surface area contributed by atoms with Crippen LogP contribution in [0.2, 0.25) is 5.02 Å². The molecule has 0 aromatic heterocycles. The summed E-state index contributed by atoms with van der Waals surface area (Å²) in [6.45, 7) is 3.42. The molecule has 6 heteroatoms. The maximum Gasteiger partial charge on any atom is 0.233 e. The van der Waals surface area contributed by atoms with Crippen molar-refractivity contribution in [2.24, 2.45) is 0 Å². The van der Waals surface area contributed by atoms with Crippen molar-refractivity contribution in [2.45, 2.75) is 36.9 Å². The molecule has 0 bridgehead atoms. The predicted octanol–water partition coefficient (Wildman–Crippen LogP) is 3.08. The highest BCUT2D eigenvalue weighted by Gasteiger charge is 2.53. The van der Waals surface area contributed by atoms with Gasteiger partial charge in [0.15, 0.2) is 0 Å². The van der Waals surface area contributed by atoms with Crippen molar-refractivity contribution in [3.63, 3.8) is 0 Å².